The predicted octanol–water partition coefficient (Wildman–Crippen LogP) is 3.56. The molecule has 1 atom stereocenters. The number of nitrogens with one attached hydrogen (secondary N) is 1. The van der Waals surface area contributed by atoms with E-state index in [9.17, 15) is 4.39 Å². The van der Waals surface area contributed by atoms with Gasteiger partial charge in [0, 0.05) is 24.8 Å². The third-order valence-corrected chi connectivity index (χ3v) is 4.35. The van der Waals surface area contributed by atoms with Gasteiger partial charge in [-0.05, 0) is 30.7 Å². The van der Waals surface area contributed by atoms with Crippen LogP contribution in [0.15, 0.2) is 59.0 Å². The van der Waals surface area contributed by atoms with Gasteiger partial charge in [-0.1, -0.05) is 30.3 Å². The number of benzene rings is 2. The quantitative estimate of drug-likeness (QED) is 0.771. The van der Waals surface area contributed by atoms with Crippen molar-refractivity contribution >= 4 is 5.69 Å². The first-order valence-corrected chi connectivity index (χ1v) is 8.39. The van der Waals surface area contributed by atoms with E-state index in [1.165, 1.54) is 6.07 Å². The van der Waals surface area contributed by atoms with Crippen molar-refractivity contribution in [3.05, 3.63) is 66.3 Å². The van der Waals surface area contributed by atoms with Gasteiger partial charge in [0.05, 0.1) is 12.1 Å². The van der Waals surface area contributed by atoms with Crippen molar-refractivity contribution in [1.29, 1.82) is 0 Å². The van der Waals surface area contributed by atoms with E-state index in [1.54, 1.807) is 18.2 Å². The van der Waals surface area contributed by atoms with E-state index >= 15 is 0 Å². The number of rotatable bonds is 5. The van der Waals surface area contributed by atoms with Crippen molar-refractivity contribution in [2.45, 2.75) is 19.0 Å². The zero-order valence-electron chi connectivity index (χ0n) is 13.7. The Bertz CT molecular complexity index is 836. The summed E-state index contributed by atoms with van der Waals surface area (Å²) in [6, 6.07) is 17.0. The molecule has 0 unspecified atom stereocenters. The molecule has 0 spiro atoms. The second kappa shape index (κ2) is 7.03. The van der Waals surface area contributed by atoms with Crippen LogP contribution < -0.4 is 5.32 Å². The van der Waals surface area contributed by atoms with Gasteiger partial charge in [0.25, 0.3) is 5.89 Å². The smallest absolute Gasteiger partial charge is 0.250 e. The number of nitrogens with zero attached hydrogens (tertiary/aromatic N) is 3. The van der Waals surface area contributed by atoms with Crippen LogP contribution in [0.2, 0.25) is 0 Å². The van der Waals surface area contributed by atoms with Gasteiger partial charge in [0.2, 0.25) is 5.89 Å². The standard InChI is InChI=1S/C19H19FN4O/c20-17-9-5-4-8-16(17)19-23-22-18(25-19)13-24-11-10-15(12-24)21-14-6-2-1-3-7-14/h1-9,15,21H,10-13H2/t15-/m0/s1. The van der Waals surface area contributed by atoms with Gasteiger partial charge in [0.1, 0.15) is 5.82 Å². The number of likely N-dealkylation sites (tertiary alicyclic amines) is 1. The zero-order valence-corrected chi connectivity index (χ0v) is 13.7. The molecule has 1 aliphatic rings. The molecule has 1 aromatic heterocycles. The van der Waals surface area contributed by atoms with E-state index in [0.29, 0.717) is 24.0 Å². The molecular formula is C19H19FN4O. The average Bonchev–Trinajstić information content (AvgIpc) is 3.26. The first kappa shape index (κ1) is 15.8. The lowest BCUT2D eigenvalue weighted by Crippen LogP contribution is -2.26. The van der Waals surface area contributed by atoms with Gasteiger partial charge in [-0.15, -0.1) is 10.2 Å². The maximum atomic E-state index is 13.8. The molecule has 2 aromatic carbocycles. The van der Waals surface area contributed by atoms with E-state index in [4.69, 9.17) is 4.42 Å². The largest absolute Gasteiger partial charge is 0.419 e. The van der Waals surface area contributed by atoms with Gasteiger partial charge in [-0.2, -0.15) is 0 Å². The van der Waals surface area contributed by atoms with Crippen molar-refractivity contribution in [2.24, 2.45) is 0 Å². The second-order valence-corrected chi connectivity index (χ2v) is 6.21. The van der Waals surface area contributed by atoms with Gasteiger partial charge in [-0.25, -0.2) is 4.39 Å². The van der Waals surface area contributed by atoms with Crippen LogP contribution in [-0.4, -0.2) is 34.2 Å². The third-order valence-electron chi connectivity index (χ3n) is 4.35. The summed E-state index contributed by atoms with van der Waals surface area (Å²) >= 11 is 0. The Balaban J connectivity index is 1.37. The highest BCUT2D eigenvalue weighted by Crippen LogP contribution is 2.22. The maximum absolute atomic E-state index is 13.8. The SMILES string of the molecule is Fc1ccccc1-c1nnc(CN2CC[C@H](Nc3ccccc3)C2)o1. The molecule has 0 bridgehead atoms. The van der Waals surface area contributed by atoms with Crippen LogP contribution in [0, 0.1) is 5.82 Å². The molecular weight excluding hydrogens is 319 g/mol. The number of anilines is 1. The summed E-state index contributed by atoms with van der Waals surface area (Å²) in [5, 5.41) is 11.6. The summed E-state index contributed by atoms with van der Waals surface area (Å²) < 4.78 is 19.4. The highest BCUT2D eigenvalue weighted by atomic mass is 19.1. The van der Waals surface area contributed by atoms with Crippen LogP contribution in [0.5, 0.6) is 0 Å². The van der Waals surface area contributed by atoms with Crippen molar-refractivity contribution in [1.82, 2.24) is 15.1 Å². The number of para-hydroxylation sites is 1. The number of halogens is 1. The minimum absolute atomic E-state index is 0.228. The Morgan fingerprint density at radius 3 is 2.72 bits per heavy atom. The highest BCUT2D eigenvalue weighted by molar-refractivity contribution is 5.53. The van der Waals surface area contributed by atoms with Gasteiger partial charge >= 0.3 is 0 Å². The number of hydrogen-bond donors (Lipinski definition) is 1. The average molecular weight is 338 g/mol. The van der Waals surface area contributed by atoms with E-state index in [1.807, 2.05) is 18.2 Å². The minimum atomic E-state index is -0.356. The van der Waals surface area contributed by atoms with Crippen molar-refractivity contribution < 1.29 is 8.81 Å². The van der Waals surface area contributed by atoms with Gasteiger partial charge < -0.3 is 9.73 Å². The Hall–Kier alpha value is -2.73. The molecule has 0 saturated carbocycles. The molecule has 2 heterocycles. The summed E-state index contributed by atoms with van der Waals surface area (Å²) in [5.41, 5.74) is 1.47. The van der Waals surface area contributed by atoms with Crippen LogP contribution in [0.1, 0.15) is 12.3 Å². The third kappa shape index (κ3) is 3.69. The Labute approximate surface area is 145 Å². The molecule has 1 aliphatic heterocycles. The van der Waals surface area contributed by atoms with Crippen LogP contribution in [0.4, 0.5) is 10.1 Å². The minimum Gasteiger partial charge on any atom is -0.419 e. The summed E-state index contributed by atoms with van der Waals surface area (Å²) in [4.78, 5) is 2.26. The van der Waals surface area contributed by atoms with Crippen LogP contribution in [-0.2, 0) is 6.54 Å². The fourth-order valence-electron chi connectivity index (χ4n) is 3.12. The maximum Gasteiger partial charge on any atom is 0.250 e. The highest BCUT2D eigenvalue weighted by Gasteiger charge is 2.24. The van der Waals surface area contributed by atoms with E-state index in [2.05, 4.69) is 32.5 Å². The van der Waals surface area contributed by atoms with E-state index in [-0.39, 0.29) is 11.7 Å². The number of aromatic nitrogens is 2. The zero-order chi connectivity index (χ0) is 17.1. The Morgan fingerprint density at radius 2 is 1.88 bits per heavy atom. The van der Waals surface area contributed by atoms with Crippen molar-refractivity contribution in [3.8, 4) is 11.5 Å². The molecule has 6 heteroatoms. The topological polar surface area (TPSA) is 54.2 Å². The molecule has 3 aromatic rings. The Kier molecular flexibility index (Phi) is 4.43. The van der Waals surface area contributed by atoms with Crippen LogP contribution in [0.25, 0.3) is 11.5 Å². The molecule has 25 heavy (non-hydrogen) atoms. The molecule has 1 N–H and O–H groups in total. The summed E-state index contributed by atoms with van der Waals surface area (Å²) in [6.07, 6.45) is 1.06. The lowest BCUT2D eigenvalue weighted by molar-refractivity contribution is 0.290. The van der Waals surface area contributed by atoms with Gasteiger partial charge in [-0.3, -0.25) is 4.90 Å². The first-order chi connectivity index (χ1) is 12.3. The molecule has 0 amide bonds. The van der Waals surface area contributed by atoms with Gasteiger partial charge in [0.15, 0.2) is 0 Å². The lowest BCUT2D eigenvalue weighted by atomic mass is 10.2. The van der Waals surface area contributed by atoms with E-state index < -0.39 is 0 Å². The second-order valence-electron chi connectivity index (χ2n) is 6.21. The Morgan fingerprint density at radius 1 is 1.08 bits per heavy atom. The molecule has 5 nitrogen and oxygen atoms in total. The fourth-order valence-corrected chi connectivity index (χ4v) is 3.12. The lowest BCUT2D eigenvalue weighted by Gasteiger charge is -2.15. The summed E-state index contributed by atoms with van der Waals surface area (Å²) in [6.45, 7) is 2.45. The van der Waals surface area contributed by atoms with E-state index in [0.717, 1.165) is 25.2 Å². The fraction of sp³-hybridized carbons (Fsp3) is 0.263. The first-order valence-electron chi connectivity index (χ1n) is 8.39. The summed E-state index contributed by atoms with van der Waals surface area (Å²) in [5.74, 6) is 0.385. The van der Waals surface area contributed by atoms with Crippen LogP contribution in [0.3, 0.4) is 0 Å². The molecule has 0 aliphatic carbocycles. The predicted molar refractivity (Wildman–Crippen MR) is 93.4 cm³/mol. The molecule has 1 saturated heterocycles. The summed E-state index contributed by atoms with van der Waals surface area (Å²) in [7, 11) is 0. The molecule has 0 radical (unpaired) electrons. The monoisotopic (exact) mass is 338 g/mol. The normalized spacial score (nSPS) is 17.7. The number of hydrogen-bond acceptors (Lipinski definition) is 5. The molecule has 128 valence electrons. The molecule has 4 rings (SSSR count). The van der Waals surface area contributed by atoms with Crippen molar-refractivity contribution in [2.75, 3.05) is 18.4 Å². The van der Waals surface area contributed by atoms with Crippen molar-refractivity contribution in [3.63, 3.8) is 0 Å². The van der Waals surface area contributed by atoms with Crippen LogP contribution >= 0.6 is 0 Å². The molecule has 1 fully saturated rings.